The van der Waals surface area contributed by atoms with Crippen molar-refractivity contribution >= 4 is 11.8 Å². The van der Waals surface area contributed by atoms with Gasteiger partial charge >= 0.3 is 0 Å². The van der Waals surface area contributed by atoms with E-state index in [-0.39, 0.29) is 35.5 Å². The molecule has 26 heavy (non-hydrogen) atoms. The molecule has 0 radical (unpaired) electrons. The van der Waals surface area contributed by atoms with Crippen LogP contribution in [0.5, 0.6) is 11.5 Å². The number of allylic oxidation sites excluding steroid dienone is 2. The van der Waals surface area contributed by atoms with Gasteiger partial charge in [-0.3, -0.25) is 14.5 Å². The molecule has 1 aromatic rings. The van der Waals surface area contributed by atoms with Gasteiger partial charge in [0.05, 0.1) is 26.1 Å². The molecule has 6 atom stereocenters. The fraction of sp³-hybridized carbons (Fsp3) is 0.524. The number of nitrogens with zero attached hydrogens (tertiary/aromatic N) is 1. The lowest BCUT2D eigenvalue weighted by Crippen LogP contribution is -2.40. The highest BCUT2D eigenvalue weighted by atomic mass is 16.5. The van der Waals surface area contributed by atoms with E-state index in [0.717, 1.165) is 5.56 Å². The Morgan fingerprint density at radius 2 is 1.58 bits per heavy atom. The third-order valence-electron chi connectivity index (χ3n) is 6.83. The summed E-state index contributed by atoms with van der Waals surface area (Å²) in [4.78, 5) is 27.5. The van der Waals surface area contributed by atoms with Crippen LogP contribution in [-0.4, -0.2) is 37.5 Å². The molecule has 2 saturated carbocycles. The minimum absolute atomic E-state index is 0.0465. The van der Waals surface area contributed by atoms with Crippen LogP contribution in [-0.2, 0) is 16.0 Å². The Bertz CT molecular complexity index is 780. The molecular weight excluding hydrogens is 330 g/mol. The molecule has 1 aromatic carbocycles. The third kappa shape index (κ3) is 2.09. The van der Waals surface area contributed by atoms with Gasteiger partial charge in [0, 0.05) is 6.54 Å². The second kappa shape index (κ2) is 5.60. The van der Waals surface area contributed by atoms with Crippen LogP contribution >= 0.6 is 0 Å². The molecule has 2 bridgehead atoms. The molecule has 136 valence electrons. The number of hydrogen-bond donors (Lipinski definition) is 0. The van der Waals surface area contributed by atoms with Crippen LogP contribution in [0.25, 0.3) is 0 Å². The number of amides is 2. The van der Waals surface area contributed by atoms with E-state index in [2.05, 4.69) is 12.2 Å². The standard InChI is InChI=1S/C21H23NO4/c1-25-16-6-3-11(9-17(16)26-2)7-8-22-20(23)18-12-4-5-13(15-10-14(12)15)19(18)21(22)24/h3-6,9,12-15,18-19H,7-8,10H2,1-2H3/t12-,13+,14-,15+,18-,19+. The van der Waals surface area contributed by atoms with Gasteiger partial charge < -0.3 is 9.47 Å². The first-order chi connectivity index (χ1) is 12.6. The first-order valence-corrected chi connectivity index (χ1v) is 9.38. The number of rotatable bonds is 5. The summed E-state index contributed by atoms with van der Waals surface area (Å²) in [7, 11) is 3.21. The molecule has 5 nitrogen and oxygen atoms in total. The zero-order valence-electron chi connectivity index (χ0n) is 15.1. The fourth-order valence-corrected chi connectivity index (χ4v) is 5.52. The quantitative estimate of drug-likeness (QED) is 0.602. The minimum Gasteiger partial charge on any atom is -0.493 e. The van der Waals surface area contributed by atoms with Crippen molar-refractivity contribution in [3.63, 3.8) is 0 Å². The number of carbonyl (C=O) groups is 2. The summed E-state index contributed by atoms with van der Waals surface area (Å²) >= 11 is 0. The highest BCUT2D eigenvalue weighted by molar-refractivity contribution is 6.06. The Labute approximate surface area is 153 Å². The van der Waals surface area contributed by atoms with Crippen LogP contribution in [0.2, 0.25) is 0 Å². The summed E-state index contributed by atoms with van der Waals surface area (Å²) in [5.41, 5.74) is 1.03. The normalized spacial score (nSPS) is 36.2. The van der Waals surface area contributed by atoms with E-state index >= 15 is 0 Å². The van der Waals surface area contributed by atoms with Gasteiger partial charge in [-0.25, -0.2) is 0 Å². The number of ether oxygens (including phenoxy) is 2. The van der Waals surface area contributed by atoms with Gasteiger partial charge in [0.15, 0.2) is 11.5 Å². The lowest BCUT2D eigenvalue weighted by atomic mass is 9.63. The molecule has 1 heterocycles. The molecule has 3 fully saturated rings. The van der Waals surface area contributed by atoms with Gasteiger partial charge in [-0.2, -0.15) is 0 Å². The summed E-state index contributed by atoms with van der Waals surface area (Å²) in [6.45, 7) is 0.439. The molecular formula is C21H23NO4. The van der Waals surface area contributed by atoms with E-state index in [0.29, 0.717) is 36.3 Å². The Hall–Kier alpha value is -2.30. The van der Waals surface area contributed by atoms with Crippen molar-refractivity contribution in [3.8, 4) is 11.5 Å². The number of benzene rings is 1. The molecule has 2 amide bonds. The molecule has 0 spiro atoms. The minimum atomic E-state index is -0.105. The van der Waals surface area contributed by atoms with Gasteiger partial charge in [0.1, 0.15) is 0 Å². The lowest BCUT2D eigenvalue weighted by molar-refractivity contribution is -0.140. The lowest BCUT2D eigenvalue weighted by Gasteiger charge is -2.37. The Morgan fingerprint density at radius 3 is 2.15 bits per heavy atom. The van der Waals surface area contributed by atoms with Crippen molar-refractivity contribution in [2.24, 2.45) is 35.5 Å². The van der Waals surface area contributed by atoms with E-state index < -0.39 is 0 Å². The zero-order valence-corrected chi connectivity index (χ0v) is 15.1. The number of hydrogen-bond acceptors (Lipinski definition) is 4. The van der Waals surface area contributed by atoms with Crippen LogP contribution in [0.15, 0.2) is 30.4 Å². The van der Waals surface area contributed by atoms with Crippen molar-refractivity contribution in [2.75, 3.05) is 20.8 Å². The van der Waals surface area contributed by atoms with Crippen molar-refractivity contribution in [2.45, 2.75) is 12.8 Å². The molecule has 0 aromatic heterocycles. The van der Waals surface area contributed by atoms with Gasteiger partial charge in [-0.1, -0.05) is 18.2 Å². The van der Waals surface area contributed by atoms with Crippen LogP contribution in [0, 0.1) is 35.5 Å². The van der Waals surface area contributed by atoms with E-state index in [9.17, 15) is 9.59 Å². The first-order valence-electron chi connectivity index (χ1n) is 9.38. The van der Waals surface area contributed by atoms with E-state index in [1.807, 2.05) is 18.2 Å². The average Bonchev–Trinajstić information content (AvgIpc) is 3.45. The summed E-state index contributed by atoms with van der Waals surface area (Å²) in [5.74, 6) is 3.10. The highest BCUT2D eigenvalue weighted by Gasteiger charge is 2.66. The molecule has 5 heteroatoms. The maximum atomic E-state index is 13.0. The smallest absolute Gasteiger partial charge is 0.233 e. The number of imide groups is 1. The first kappa shape index (κ1) is 15.9. The van der Waals surface area contributed by atoms with Crippen molar-refractivity contribution in [3.05, 3.63) is 35.9 Å². The molecule has 4 aliphatic carbocycles. The van der Waals surface area contributed by atoms with Crippen molar-refractivity contribution < 1.29 is 19.1 Å². The third-order valence-corrected chi connectivity index (χ3v) is 6.83. The summed E-state index contributed by atoms with van der Waals surface area (Å²) < 4.78 is 10.6. The summed E-state index contributed by atoms with van der Waals surface area (Å²) in [6.07, 6.45) is 6.25. The Kier molecular flexibility index (Phi) is 3.43. The van der Waals surface area contributed by atoms with Crippen LogP contribution < -0.4 is 9.47 Å². The maximum absolute atomic E-state index is 13.0. The molecule has 0 N–H and O–H groups in total. The van der Waals surface area contributed by atoms with E-state index in [1.165, 1.54) is 11.3 Å². The fourth-order valence-electron chi connectivity index (χ4n) is 5.52. The van der Waals surface area contributed by atoms with Gasteiger partial charge in [-0.05, 0) is 54.2 Å². The highest BCUT2D eigenvalue weighted by Crippen LogP contribution is 2.65. The second-order valence-corrected chi connectivity index (χ2v) is 7.92. The number of likely N-dealkylation sites (tertiary alicyclic amines) is 1. The van der Waals surface area contributed by atoms with Crippen LogP contribution in [0.1, 0.15) is 12.0 Å². The topological polar surface area (TPSA) is 55.8 Å². The Morgan fingerprint density at radius 1 is 0.962 bits per heavy atom. The predicted octanol–water partition coefficient (Wildman–Crippen LogP) is 2.30. The SMILES string of the molecule is COc1ccc(CCN2C(=O)[C@@H]3[C@@H]4C=C[C@@H]([C@@H]5C[C@H]45)[C@@H]3C2=O)cc1OC. The molecule has 0 unspecified atom stereocenters. The predicted molar refractivity (Wildman–Crippen MR) is 94.7 cm³/mol. The molecule has 6 rings (SSSR count). The van der Waals surface area contributed by atoms with Gasteiger partial charge in [0.2, 0.25) is 11.8 Å². The van der Waals surface area contributed by atoms with Gasteiger partial charge in [-0.15, -0.1) is 0 Å². The largest absolute Gasteiger partial charge is 0.493 e. The number of methoxy groups -OCH3 is 2. The van der Waals surface area contributed by atoms with Crippen LogP contribution in [0.3, 0.4) is 0 Å². The monoisotopic (exact) mass is 353 g/mol. The molecule has 1 saturated heterocycles. The van der Waals surface area contributed by atoms with E-state index in [4.69, 9.17) is 9.47 Å². The maximum Gasteiger partial charge on any atom is 0.233 e. The molecule has 1 aliphatic heterocycles. The second-order valence-electron chi connectivity index (χ2n) is 7.92. The zero-order chi connectivity index (χ0) is 18.0. The van der Waals surface area contributed by atoms with E-state index in [1.54, 1.807) is 14.2 Å². The summed E-state index contributed by atoms with van der Waals surface area (Å²) in [6, 6.07) is 5.73. The van der Waals surface area contributed by atoms with Crippen molar-refractivity contribution in [1.82, 2.24) is 4.90 Å². The van der Waals surface area contributed by atoms with Crippen molar-refractivity contribution in [1.29, 1.82) is 0 Å². The average molecular weight is 353 g/mol. The summed E-state index contributed by atoms with van der Waals surface area (Å²) in [5, 5.41) is 0. The van der Waals surface area contributed by atoms with Crippen LogP contribution in [0.4, 0.5) is 0 Å². The van der Waals surface area contributed by atoms with Gasteiger partial charge in [0.25, 0.3) is 0 Å². The number of carbonyl (C=O) groups excluding carboxylic acids is 2. The Balaban J connectivity index is 1.33. The molecule has 5 aliphatic rings.